The van der Waals surface area contributed by atoms with Crippen LogP contribution in [0.15, 0.2) is 24.3 Å². The van der Waals surface area contributed by atoms with Crippen LogP contribution >= 0.6 is 0 Å². The van der Waals surface area contributed by atoms with Gasteiger partial charge in [-0.2, -0.15) is 0 Å². The van der Waals surface area contributed by atoms with E-state index in [1.54, 1.807) is 19.0 Å². The van der Waals surface area contributed by atoms with E-state index in [4.69, 9.17) is 10.5 Å². The molecule has 0 aliphatic carbocycles. The summed E-state index contributed by atoms with van der Waals surface area (Å²) in [7, 11) is 3.47. The molecular weight excluding hydrogens is 216 g/mol. The number of rotatable bonds is 5. The SMILES string of the molecule is C[C@H](N)c1ccc(OCCC(=O)N(C)C)cc1. The highest BCUT2D eigenvalue weighted by molar-refractivity contribution is 5.75. The smallest absolute Gasteiger partial charge is 0.225 e. The van der Waals surface area contributed by atoms with E-state index in [2.05, 4.69) is 0 Å². The molecular formula is C13H20N2O2. The van der Waals surface area contributed by atoms with Crippen LogP contribution in [-0.2, 0) is 4.79 Å². The topological polar surface area (TPSA) is 55.6 Å². The molecule has 1 aromatic rings. The van der Waals surface area contributed by atoms with Gasteiger partial charge in [-0.05, 0) is 24.6 Å². The maximum absolute atomic E-state index is 11.3. The second kappa shape index (κ2) is 6.25. The van der Waals surface area contributed by atoms with Crippen molar-refractivity contribution < 1.29 is 9.53 Å². The Bertz CT molecular complexity index is 358. The van der Waals surface area contributed by atoms with Gasteiger partial charge in [-0.15, -0.1) is 0 Å². The molecule has 4 heteroatoms. The second-order valence-electron chi connectivity index (χ2n) is 4.24. The molecule has 1 amide bonds. The number of amides is 1. The van der Waals surface area contributed by atoms with Crippen molar-refractivity contribution in [3.8, 4) is 5.75 Å². The Balaban J connectivity index is 2.40. The molecule has 0 saturated carbocycles. The molecule has 17 heavy (non-hydrogen) atoms. The van der Waals surface area contributed by atoms with Crippen molar-refractivity contribution in [1.82, 2.24) is 4.90 Å². The summed E-state index contributed by atoms with van der Waals surface area (Å²) in [5.74, 6) is 0.832. The number of nitrogens with zero attached hydrogens (tertiary/aromatic N) is 1. The summed E-state index contributed by atoms with van der Waals surface area (Å²) in [6, 6.07) is 7.65. The number of carbonyl (C=O) groups is 1. The van der Waals surface area contributed by atoms with Crippen LogP contribution in [0.25, 0.3) is 0 Å². The molecule has 2 N–H and O–H groups in total. The third-order valence-electron chi connectivity index (χ3n) is 2.49. The molecule has 94 valence electrons. The second-order valence-corrected chi connectivity index (χ2v) is 4.24. The number of benzene rings is 1. The van der Waals surface area contributed by atoms with Gasteiger partial charge < -0.3 is 15.4 Å². The predicted molar refractivity (Wildman–Crippen MR) is 67.9 cm³/mol. The van der Waals surface area contributed by atoms with Crippen molar-refractivity contribution in [3.05, 3.63) is 29.8 Å². The Morgan fingerprint density at radius 1 is 1.35 bits per heavy atom. The quantitative estimate of drug-likeness (QED) is 0.844. The summed E-state index contributed by atoms with van der Waals surface area (Å²) in [5.41, 5.74) is 6.82. The molecule has 0 unspecified atom stereocenters. The van der Waals surface area contributed by atoms with Crippen molar-refractivity contribution >= 4 is 5.91 Å². The molecule has 4 nitrogen and oxygen atoms in total. The van der Waals surface area contributed by atoms with Crippen LogP contribution in [0.4, 0.5) is 0 Å². The average Bonchev–Trinajstić information content (AvgIpc) is 2.29. The number of nitrogens with two attached hydrogens (primary N) is 1. The van der Waals surface area contributed by atoms with Gasteiger partial charge in [0.2, 0.25) is 5.91 Å². The van der Waals surface area contributed by atoms with Crippen LogP contribution in [0.5, 0.6) is 5.75 Å². The zero-order valence-electron chi connectivity index (χ0n) is 10.6. The highest BCUT2D eigenvalue weighted by Gasteiger charge is 2.04. The maximum Gasteiger partial charge on any atom is 0.225 e. The third-order valence-corrected chi connectivity index (χ3v) is 2.49. The lowest BCUT2D eigenvalue weighted by Gasteiger charge is -2.11. The number of hydrogen-bond acceptors (Lipinski definition) is 3. The Hall–Kier alpha value is -1.55. The number of ether oxygens (including phenoxy) is 1. The number of hydrogen-bond donors (Lipinski definition) is 1. The molecule has 1 aromatic carbocycles. The molecule has 0 spiro atoms. The zero-order valence-corrected chi connectivity index (χ0v) is 10.6. The monoisotopic (exact) mass is 236 g/mol. The Morgan fingerprint density at radius 2 is 1.94 bits per heavy atom. The zero-order chi connectivity index (χ0) is 12.8. The van der Waals surface area contributed by atoms with Crippen LogP contribution in [-0.4, -0.2) is 31.5 Å². The van der Waals surface area contributed by atoms with Crippen LogP contribution in [0.2, 0.25) is 0 Å². The van der Waals surface area contributed by atoms with Gasteiger partial charge in [0.1, 0.15) is 5.75 Å². The van der Waals surface area contributed by atoms with Crippen molar-refractivity contribution in [2.45, 2.75) is 19.4 Å². The van der Waals surface area contributed by atoms with Crippen molar-refractivity contribution in [2.75, 3.05) is 20.7 Å². The first-order chi connectivity index (χ1) is 8.00. The average molecular weight is 236 g/mol. The van der Waals surface area contributed by atoms with Gasteiger partial charge in [0.05, 0.1) is 13.0 Å². The Labute approximate surface area is 102 Å². The standard InChI is InChI=1S/C13H20N2O2/c1-10(14)11-4-6-12(7-5-11)17-9-8-13(16)15(2)3/h4-7,10H,8-9,14H2,1-3H3/t10-/m0/s1. The van der Waals surface area contributed by atoms with Gasteiger partial charge in [-0.1, -0.05) is 12.1 Å². The lowest BCUT2D eigenvalue weighted by Crippen LogP contribution is -2.23. The van der Waals surface area contributed by atoms with Crippen LogP contribution < -0.4 is 10.5 Å². The molecule has 0 aliphatic rings. The van der Waals surface area contributed by atoms with E-state index in [0.29, 0.717) is 13.0 Å². The molecule has 0 bridgehead atoms. The fourth-order valence-corrected chi connectivity index (χ4v) is 1.35. The van der Waals surface area contributed by atoms with Gasteiger partial charge in [-0.25, -0.2) is 0 Å². The van der Waals surface area contributed by atoms with Crippen molar-refractivity contribution in [3.63, 3.8) is 0 Å². The molecule has 0 radical (unpaired) electrons. The Kier molecular flexibility index (Phi) is 4.97. The van der Waals surface area contributed by atoms with Crippen LogP contribution in [0.3, 0.4) is 0 Å². The van der Waals surface area contributed by atoms with Crippen LogP contribution in [0, 0.1) is 0 Å². The van der Waals surface area contributed by atoms with E-state index in [-0.39, 0.29) is 11.9 Å². The fraction of sp³-hybridized carbons (Fsp3) is 0.462. The summed E-state index contributed by atoms with van der Waals surface area (Å²) < 4.78 is 5.47. The first kappa shape index (κ1) is 13.5. The molecule has 1 atom stereocenters. The predicted octanol–water partition coefficient (Wildman–Crippen LogP) is 1.56. The molecule has 0 fully saturated rings. The van der Waals surface area contributed by atoms with E-state index < -0.39 is 0 Å². The number of carbonyl (C=O) groups excluding carboxylic acids is 1. The Morgan fingerprint density at radius 3 is 2.41 bits per heavy atom. The highest BCUT2D eigenvalue weighted by Crippen LogP contribution is 2.16. The van der Waals surface area contributed by atoms with E-state index in [0.717, 1.165) is 11.3 Å². The lowest BCUT2D eigenvalue weighted by molar-refractivity contribution is -0.129. The minimum Gasteiger partial charge on any atom is -0.493 e. The van der Waals surface area contributed by atoms with E-state index in [9.17, 15) is 4.79 Å². The third kappa shape index (κ3) is 4.44. The van der Waals surface area contributed by atoms with Gasteiger partial charge >= 0.3 is 0 Å². The maximum atomic E-state index is 11.3. The van der Waals surface area contributed by atoms with Gasteiger partial charge in [-0.3, -0.25) is 4.79 Å². The summed E-state index contributed by atoms with van der Waals surface area (Å²) >= 11 is 0. The van der Waals surface area contributed by atoms with Crippen LogP contribution in [0.1, 0.15) is 24.9 Å². The first-order valence-electron chi connectivity index (χ1n) is 5.69. The summed E-state index contributed by atoms with van der Waals surface area (Å²) in [4.78, 5) is 12.9. The molecule has 0 heterocycles. The lowest BCUT2D eigenvalue weighted by atomic mass is 10.1. The van der Waals surface area contributed by atoms with E-state index >= 15 is 0 Å². The summed E-state index contributed by atoms with van der Waals surface area (Å²) in [6.45, 7) is 2.33. The normalized spacial score (nSPS) is 12.0. The first-order valence-corrected chi connectivity index (χ1v) is 5.69. The fourth-order valence-electron chi connectivity index (χ4n) is 1.35. The van der Waals surface area contributed by atoms with E-state index in [1.165, 1.54) is 0 Å². The summed E-state index contributed by atoms with van der Waals surface area (Å²) in [5, 5.41) is 0. The summed E-state index contributed by atoms with van der Waals surface area (Å²) in [6.07, 6.45) is 0.391. The van der Waals surface area contributed by atoms with E-state index in [1.807, 2.05) is 31.2 Å². The molecule has 1 rings (SSSR count). The minimum atomic E-state index is 0.0272. The largest absolute Gasteiger partial charge is 0.493 e. The minimum absolute atomic E-state index is 0.0272. The van der Waals surface area contributed by atoms with Gasteiger partial charge in [0.15, 0.2) is 0 Å². The van der Waals surface area contributed by atoms with Gasteiger partial charge in [0.25, 0.3) is 0 Å². The highest BCUT2D eigenvalue weighted by atomic mass is 16.5. The van der Waals surface area contributed by atoms with Crippen molar-refractivity contribution in [1.29, 1.82) is 0 Å². The van der Waals surface area contributed by atoms with Crippen molar-refractivity contribution in [2.24, 2.45) is 5.73 Å². The van der Waals surface area contributed by atoms with Gasteiger partial charge in [0, 0.05) is 20.1 Å². The molecule has 0 aliphatic heterocycles. The molecule has 0 saturated heterocycles. The molecule has 0 aromatic heterocycles.